The van der Waals surface area contributed by atoms with Gasteiger partial charge in [0.15, 0.2) is 0 Å². The molecule has 0 aromatic carbocycles. The van der Waals surface area contributed by atoms with E-state index in [1.807, 2.05) is 0 Å². The number of allylic oxidation sites excluding steroid dienone is 2. The maximum absolute atomic E-state index is 12.1. The molecular formula is C23H30O3. The smallest absolute Gasteiger partial charge is 0.306 e. The van der Waals surface area contributed by atoms with E-state index in [-0.39, 0.29) is 22.4 Å². The Bertz CT molecular complexity index is 765. The number of hydrogen-bond acceptors (Lipinski definition) is 3. The number of rotatable bonds is 0. The normalized spacial score (nSPS) is 54.5. The molecule has 6 aliphatic rings. The minimum absolute atomic E-state index is 0.0321. The minimum Gasteiger partial charge on any atom is -0.458 e. The molecular weight excluding hydrogens is 324 g/mol. The fourth-order valence-corrected chi connectivity index (χ4v) is 8.62. The second-order valence-corrected chi connectivity index (χ2v) is 10.7. The van der Waals surface area contributed by atoms with Crippen molar-refractivity contribution in [2.24, 2.45) is 34.5 Å². The van der Waals surface area contributed by atoms with Gasteiger partial charge in [-0.2, -0.15) is 0 Å². The summed E-state index contributed by atoms with van der Waals surface area (Å²) in [5.74, 6) is 3.45. The summed E-state index contributed by atoms with van der Waals surface area (Å²) in [6.07, 6.45) is 10.2. The zero-order valence-electron chi connectivity index (χ0n) is 16.1. The number of hydrogen-bond donors (Lipinski definition) is 0. The van der Waals surface area contributed by atoms with E-state index in [9.17, 15) is 9.59 Å². The zero-order valence-corrected chi connectivity index (χ0v) is 16.1. The van der Waals surface area contributed by atoms with Crippen LogP contribution in [0.2, 0.25) is 0 Å². The first kappa shape index (κ1) is 15.9. The average molecular weight is 354 g/mol. The molecule has 5 fully saturated rings. The molecule has 1 saturated heterocycles. The lowest BCUT2D eigenvalue weighted by Crippen LogP contribution is -2.55. The third kappa shape index (κ3) is 1.67. The highest BCUT2D eigenvalue weighted by molar-refractivity contribution is 5.83. The van der Waals surface area contributed by atoms with Crippen molar-refractivity contribution in [1.29, 1.82) is 0 Å². The van der Waals surface area contributed by atoms with E-state index < -0.39 is 0 Å². The predicted octanol–water partition coefficient (Wildman–Crippen LogP) is 4.59. The zero-order chi connectivity index (χ0) is 17.9. The van der Waals surface area contributed by atoms with E-state index in [4.69, 9.17) is 4.74 Å². The molecule has 140 valence electrons. The van der Waals surface area contributed by atoms with Crippen LogP contribution in [0, 0.1) is 34.5 Å². The van der Waals surface area contributed by atoms with Crippen LogP contribution in [0.1, 0.15) is 78.1 Å². The van der Waals surface area contributed by atoms with E-state index in [1.54, 1.807) is 11.1 Å². The van der Waals surface area contributed by atoms with Crippen LogP contribution in [-0.4, -0.2) is 17.4 Å². The molecule has 4 saturated carbocycles. The van der Waals surface area contributed by atoms with Gasteiger partial charge in [-0.05, 0) is 74.0 Å². The number of carbonyl (C=O) groups excluding carboxylic acids is 2. The van der Waals surface area contributed by atoms with Crippen molar-refractivity contribution < 1.29 is 14.3 Å². The number of fused-ring (bicyclic) bond motifs is 8. The van der Waals surface area contributed by atoms with Crippen LogP contribution < -0.4 is 0 Å². The third-order valence-corrected chi connectivity index (χ3v) is 10.0. The number of ether oxygens (including phenoxy) is 1. The summed E-state index contributed by atoms with van der Waals surface area (Å²) in [5.41, 5.74) is 3.50. The van der Waals surface area contributed by atoms with Crippen molar-refractivity contribution in [3.05, 3.63) is 11.1 Å². The van der Waals surface area contributed by atoms with Crippen molar-refractivity contribution in [3.8, 4) is 0 Å². The Morgan fingerprint density at radius 2 is 1.77 bits per heavy atom. The molecule has 6 rings (SSSR count). The molecule has 0 amide bonds. The van der Waals surface area contributed by atoms with Crippen LogP contribution in [0.5, 0.6) is 0 Å². The van der Waals surface area contributed by atoms with Crippen molar-refractivity contribution in [1.82, 2.24) is 0 Å². The molecule has 0 aromatic heterocycles. The summed E-state index contributed by atoms with van der Waals surface area (Å²) in [5, 5.41) is 0. The molecule has 26 heavy (non-hydrogen) atoms. The highest BCUT2D eigenvalue weighted by atomic mass is 16.6. The van der Waals surface area contributed by atoms with Crippen LogP contribution in [-0.2, 0) is 14.3 Å². The standard InChI is InChI=1S/C23H30O3/c1-21-7-3-13(24)11-18(21)14-12-15(14)20-16(21)4-8-22(2)17(20)5-9-23(22)10-6-19(25)26-23/h15-17,20H,3-12H2,1-2H3. The Morgan fingerprint density at radius 3 is 2.54 bits per heavy atom. The Kier molecular flexibility index (Phi) is 2.84. The predicted molar refractivity (Wildman–Crippen MR) is 97.2 cm³/mol. The SMILES string of the molecule is CC12CCC(=O)CC1=C1CC1C1C2CCC2(C)C1CCC21CCC(=O)O1. The first-order valence-corrected chi connectivity index (χ1v) is 10.8. The minimum atomic E-state index is -0.164. The van der Waals surface area contributed by atoms with Crippen LogP contribution in [0.25, 0.3) is 0 Å². The summed E-state index contributed by atoms with van der Waals surface area (Å²) in [6.45, 7) is 4.93. The van der Waals surface area contributed by atoms with Crippen molar-refractivity contribution in [2.75, 3.05) is 0 Å². The summed E-state index contributed by atoms with van der Waals surface area (Å²) in [7, 11) is 0. The van der Waals surface area contributed by atoms with E-state index >= 15 is 0 Å². The van der Waals surface area contributed by atoms with Crippen LogP contribution in [0.4, 0.5) is 0 Å². The van der Waals surface area contributed by atoms with E-state index in [0.29, 0.717) is 18.1 Å². The summed E-state index contributed by atoms with van der Waals surface area (Å²) >= 11 is 0. The van der Waals surface area contributed by atoms with Gasteiger partial charge in [0.25, 0.3) is 0 Å². The van der Waals surface area contributed by atoms with E-state index in [0.717, 1.165) is 49.9 Å². The summed E-state index contributed by atoms with van der Waals surface area (Å²) in [4.78, 5) is 24.1. The largest absolute Gasteiger partial charge is 0.458 e. The Labute approximate surface area is 155 Å². The van der Waals surface area contributed by atoms with Crippen molar-refractivity contribution >= 4 is 11.8 Å². The van der Waals surface area contributed by atoms with Crippen LogP contribution in [0.3, 0.4) is 0 Å². The molecule has 7 atom stereocenters. The van der Waals surface area contributed by atoms with E-state index in [2.05, 4.69) is 13.8 Å². The first-order valence-electron chi connectivity index (χ1n) is 10.8. The first-order chi connectivity index (χ1) is 12.4. The lowest BCUT2D eigenvalue weighted by atomic mass is 9.47. The van der Waals surface area contributed by atoms with Gasteiger partial charge in [0.2, 0.25) is 0 Å². The Morgan fingerprint density at radius 1 is 0.962 bits per heavy atom. The van der Waals surface area contributed by atoms with Gasteiger partial charge < -0.3 is 4.74 Å². The van der Waals surface area contributed by atoms with Gasteiger partial charge in [0, 0.05) is 24.7 Å². The Balaban J connectivity index is 1.41. The second-order valence-electron chi connectivity index (χ2n) is 10.7. The quantitative estimate of drug-likeness (QED) is 0.472. The van der Waals surface area contributed by atoms with Crippen LogP contribution in [0.15, 0.2) is 11.1 Å². The van der Waals surface area contributed by atoms with E-state index in [1.165, 1.54) is 25.7 Å². The highest BCUT2D eigenvalue weighted by Crippen LogP contribution is 2.74. The third-order valence-electron chi connectivity index (χ3n) is 10.0. The lowest BCUT2D eigenvalue weighted by Gasteiger charge is -2.58. The van der Waals surface area contributed by atoms with Gasteiger partial charge in [-0.25, -0.2) is 0 Å². The van der Waals surface area contributed by atoms with Gasteiger partial charge in [-0.3, -0.25) is 9.59 Å². The molecule has 1 heterocycles. The van der Waals surface area contributed by atoms with Crippen molar-refractivity contribution in [3.63, 3.8) is 0 Å². The molecule has 0 radical (unpaired) electrons. The van der Waals surface area contributed by atoms with Crippen molar-refractivity contribution in [2.45, 2.75) is 83.7 Å². The maximum Gasteiger partial charge on any atom is 0.306 e. The summed E-state index contributed by atoms with van der Waals surface area (Å²) < 4.78 is 6.06. The molecule has 1 spiro atoms. The molecule has 0 N–H and O–H groups in total. The monoisotopic (exact) mass is 354 g/mol. The van der Waals surface area contributed by atoms with Gasteiger partial charge in [0.05, 0.1) is 0 Å². The fraction of sp³-hybridized carbons (Fsp3) is 0.826. The fourth-order valence-electron chi connectivity index (χ4n) is 8.62. The van der Waals surface area contributed by atoms with Crippen LogP contribution >= 0.6 is 0 Å². The average Bonchev–Trinajstić information content (AvgIpc) is 3.23. The van der Waals surface area contributed by atoms with Gasteiger partial charge in [-0.15, -0.1) is 0 Å². The molecule has 0 aromatic rings. The molecule has 0 bridgehead atoms. The van der Waals surface area contributed by atoms with Gasteiger partial charge in [-0.1, -0.05) is 25.0 Å². The topological polar surface area (TPSA) is 43.4 Å². The lowest BCUT2D eigenvalue weighted by molar-refractivity contribution is -0.167. The number of ketones is 1. The highest BCUT2D eigenvalue weighted by Gasteiger charge is 2.70. The maximum atomic E-state index is 12.1. The second kappa shape index (κ2) is 4.64. The number of Topliss-reactive ketones (excluding diaryl/α,β-unsaturated/α-hetero) is 1. The Hall–Kier alpha value is -1.12. The molecule has 1 aliphatic heterocycles. The number of carbonyl (C=O) groups is 2. The van der Waals surface area contributed by atoms with Gasteiger partial charge >= 0.3 is 5.97 Å². The van der Waals surface area contributed by atoms with Gasteiger partial charge in [0.1, 0.15) is 11.4 Å². The summed E-state index contributed by atoms with van der Waals surface area (Å²) in [6, 6.07) is 0. The molecule has 3 nitrogen and oxygen atoms in total. The number of esters is 1. The molecule has 7 unspecified atom stereocenters. The molecule has 3 heteroatoms. The molecule has 5 aliphatic carbocycles.